The van der Waals surface area contributed by atoms with Gasteiger partial charge in [0.05, 0.1) is 0 Å². The number of carbonyl (C=O) groups is 1. The molecule has 0 aromatic heterocycles. The van der Waals surface area contributed by atoms with Gasteiger partial charge in [0.1, 0.15) is 5.69 Å². The molecule has 0 atom stereocenters. The highest BCUT2D eigenvalue weighted by atomic mass is 16.3. The molecule has 0 saturated heterocycles. The average molecular weight is 192 g/mol. The molecule has 0 spiro atoms. The van der Waals surface area contributed by atoms with Crippen molar-refractivity contribution in [1.29, 1.82) is 0 Å². The minimum absolute atomic E-state index is 0.0417. The Labute approximate surface area is 82.3 Å². The van der Waals surface area contributed by atoms with Gasteiger partial charge in [0.25, 0.3) is 0 Å². The summed E-state index contributed by atoms with van der Waals surface area (Å²) in [7, 11) is 0. The summed E-state index contributed by atoms with van der Waals surface area (Å²) in [6.07, 6.45) is 0.438. The number of hydrogen-bond acceptors (Lipinski definition) is 3. The molecule has 1 amide bonds. The molecule has 1 N–H and O–H groups in total. The van der Waals surface area contributed by atoms with E-state index in [4.69, 9.17) is 0 Å². The van der Waals surface area contributed by atoms with Crippen LogP contribution in [0.3, 0.4) is 0 Å². The van der Waals surface area contributed by atoms with Gasteiger partial charge in [-0.3, -0.25) is 4.79 Å². The molecule has 1 rings (SSSR count). The van der Waals surface area contributed by atoms with Crippen LogP contribution in [0.25, 0.3) is 0 Å². The van der Waals surface area contributed by atoms with Gasteiger partial charge < -0.3 is 5.32 Å². The van der Waals surface area contributed by atoms with Crippen LogP contribution in [0, 0.1) is 11.8 Å². The van der Waals surface area contributed by atoms with Gasteiger partial charge in [-0.2, -0.15) is 0 Å². The average Bonchev–Trinajstić information content (AvgIpc) is 2.20. The standard InChI is InChI=1S/C10H12N2O2/c1-3-10(13)11-9-5-4-8(12-14)6-7(9)2/h4-6H,3H2,1-2H3,(H,11,13). The highest BCUT2D eigenvalue weighted by molar-refractivity contribution is 5.91. The van der Waals surface area contributed by atoms with Gasteiger partial charge in [0, 0.05) is 12.1 Å². The summed E-state index contributed by atoms with van der Waals surface area (Å²) in [6, 6.07) is 4.89. The summed E-state index contributed by atoms with van der Waals surface area (Å²) in [5, 5.41) is 5.54. The number of nitroso groups, excluding NO2 is 1. The van der Waals surface area contributed by atoms with Gasteiger partial charge in [0.2, 0.25) is 5.91 Å². The van der Waals surface area contributed by atoms with Crippen LogP contribution in [-0.4, -0.2) is 5.91 Å². The first-order chi connectivity index (χ1) is 6.67. The molecule has 0 aliphatic carbocycles. The van der Waals surface area contributed by atoms with Crippen LogP contribution in [0.15, 0.2) is 23.4 Å². The maximum Gasteiger partial charge on any atom is 0.224 e. The van der Waals surface area contributed by atoms with E-state index in [2.05, 4.69) is 10.5 Å². The van der Waals surface area contributed by atoms with Crippen LogP contribution >= 0.6 is 0 Å². The van der Waals surface area contributed by atoms with Gasteiger partial charge in [-0.25, -0.2) is 0 Å². The van der Waals surface area contributed by atoms with Gasteiger partial charge in [0.15, 0.2) is 0 Å². The summed E-state index contributed by atoms with van der Waals surface area (Å²) in [5.41, 5.74) is 1.94. The molecule has 0 radical (unpaired) electrons. The van der Waals surface area contributed by atoms with Crippen molar-refractivity contribution in [2.24, 2.45) is 5.18 Å². The quantitative estimate of drug-likeness (QED) is 0.748. The fourth-order valence-electron chi connectivity index (χ4n) is 1.08. The Bertz CT molecular complexity index is 361. The van der Waals surface area contributed by atoms with Gasteiger partial charge in [-0.15, -0.1) is 4.91 Å². The number of amides is 1. The zero-order chi connectivity index (χ0) is 10.6. The van der Waals surface area contributed by atoms with E-state index in [0.717, 1.165) is 11.3 Å². The Kier molecular flexibility index (Phi) is 3.34. The van der Waals surface area contributed by atoms with E-state index in [9.17, 15) is 9.70 Å². The van der Waals surface area contributed by atoms with E-state index in [-0.39, 0.29) is 5.91 Å². The van der Waals surface area contributed by atoms with E-state index in [1.165, 1.54) is 0 Å². The maximum atomic E-state index is 11.1. The second-order valence-electron chi connectivity index (χ2n) is 2.99. The van der Waals surface area contributed by atoms with Gasteiger partial charge in [-0.1, -0.05) is 6.92 Å². The maximum absolute atomic E-state index is 11.1. The Hall–Kier alpha value is -1.71. The number of nitrogens with one attached hydrogen (secondary N) is 1. The summed E-state index contributed by atoms with van der Waals surface area (Å²) < 4.78 is 0. The lowest BCUT2D eigenvalue weighted by atomic mass is 10.2. The molecule has 0 aliphatic rings. The van der Waals surface area contributed by atoms with E-state index < -0.39 is 0 Å². The molecule has 0 aliphatic heterocycles. The lowest BCUT2D eigenvalue weighted by Gasteiger charge is -2.06. The van der Waals surface area contributed by atoms with Crippen molar-refractivity contribution in [3.8, 4) is 0 Å². The summed E-state index contributed by atoms with van der Waals surface area (Å²) in [6.45, 7) is 3.60. The van der Waals surface area contributed by atoms with Gasteiger partial charge in [-0.05, 0) is 35.9 Å². The van der Waals surface area contributed by atoms with Crippen LogP contribution < -0.4 is 5.32 Å². The molecule has 14 heavy (non-hydrogen) atoms. The summed E-state index contributed by atoms with van der Waals surface area (Å²) >= 11 is 0. The number of hydrogen-bond donors (Lipinski definition) is 1. The van der Waals surface area contributed by atoms with Gasteiger partial charge >= 0.3 is 0 Å². The zero-order valence-electron chi connectivity index (χ0n) is 8.20. The first-order valence-corrected chi connectivity index (χ1v) is 4.41. The number of nitrogens with zero attached hydrogens (tertiary/aromatic N) is 1. The van der Waals surface area contributed by atoms with Crippen molar-refractivity contribution in [1.82, 2.24) is 0 Å². The monoisotopic (exact) mass is 192 g/mol. The third kappa shape index (κ3) is 2.39. The van der Waals surface area contributed by atoms with Crippen molar-refractivity contribution in [3.63, 3.8) is 0 Å². The molecule has 74 valence electrons. The Morgan fingerprint density at radius 3 is 2.71 bits per heavy atom. The van der Waals surface area contributed by atoms with E-state index in [1.54, 1.807) is 25.1 Å². The van der Waals surface area contributed by atoms with Crippen molar-refractivity contribution in [2.75, 3.05) is 5.32 Å². The number of anilines is 1. The first kappa shape index (κ1) is 10.4. The SMILES string of the molecule is CCC(=O)Nc1ccc(N=O)cc1C. The molecule has 4 heteroatoms. The first-order valence-electron chi connectivity index (χ1n) is 4.41. The molecule has 0 bridgehead atoms. The molecule has 1 aromatic rings. The minimum atomic E-state index is -0.0417. The zero-order valence-corrected chi connectivity index (χ0v) is 8.20. The smallest absolute Gasteiger partial charge is 0.224 e. The highest BCUT2D eigenvalue weighted by Crippen LogP contribution is 2.21. The van der Waals surface area contributed by atoms with Crippen molar-refractivity contribution >= 4 is 17.3 Å². The second kappa shape index (κ2) is 4.50. The summed E-state index contributed by atoms with van der Waals surface area (Å²) in [4.78, 5) is 21.3. The molecule has 0 unspecified atom stereocenters. The fraction of sp³-hybridized carbons (Fsp3) is 0.300. The molecule has 0 saturated carbocycles. The Balaban J connectivity index is 2.89. The third-order valence-electron chi connectivity index (χ3n) is 1.91. The largest absolute Gasteiger partial charge is 0.326 e. The predicted molar refractivity (Wildman–Crippen MR) is 55.6 cm³/mol. The lowest BCUT2D eigenvalue weighted by Crippen LogP contribution is -2.10. The van der Waals surface area contributed by atoms with Crippen LogP contribution in [0.1, 0.15) is 18.9 Å². The number of benzene rings is 1. The molecule has 0 heterocycles. The Morgan fingerprint density at radius 1 is 1.50 bits per heavy atom. The van der Waals surface area contributed by atoms with E-state index >= 15 is 0 Å². The topological polar surface area (TPSA) is 58.5 Å². The minimum Gasteiger partial charge on any atom is -0.326 e. The molecule has 0 fully saturated rings. The molecular weight excluding hydrogens is 180 g/mol. The number of aryl methyl sites for hydroxylation is 1. The van der Waals surface area contributed by atoms with Crippen LogP contribution in [-0.2, 0) is 4.79 Å². The number of carbonyl (C=O) groups excluding carboxylic acids is 1. The fourth-order valence-corrected chi connectivity index (χ4v) is 1.08. The normalized spacial score (nSPS) is 9.57. The summed E-state index contributed by atoms with van der Waals surface area (Å²) in [5.74, 6) is -0.0417. The van der Waals surface area contributed by atoms with Crippen molar-refractivity contribution in [2.45, 2.75) is 20.3 Å². The van der Waals surface area contributed by atoms with Crippen LogP contribution in [0.2, 0.25) is 0 Å². The van der Waals surface area contributed by atoms with Crippen molar-refractivity contribution in [3.05, 3.63) is 28.7 Å². The predicted octanol–water partition coefficient (Wildman–Crippen LogP) is 2.74. The van der Waals surface area contributed by atoms with E-state index in [1.807, 2.05) is 6.92 Å². The molecule has 1 aromatic carbocycles. The Morgan fingerprint density at radius 2 is 2.21 bits per heavy atom. The van der Waals surface area contributed by atoms with Crippen molar-refractivity contribution < 1.29 is 4.79 Å². The van der Waals surface area contributed by atoms with Crippen LogP contribution in [0.4, 0.5) is 11.4 Å². The molecule has 4 nitrogen and oxygen atoms in total. The highest BCUT2D eigenvalue weighted by Gasteiger charge is 2.03. The lowest BCUT2D eigenvalue weighted by molar-refractivity contribution is -0.115. The van der Waals surface area contributed by atoms with Crippen LogP contribution in [0.5, 0.6) is 0 Å². The van der Waals surface area contributed by atoms with E-state index in [0.29, 0.717) is 12.1 Å². The number of rotatable bonds is 3. The second-order valence-corrected chi connectivity index (χ2v) is 2.99. The third-order valence-corrected chi connectivity index (χ3v) is 1.91. The molecular formula is C10H12N2O2.